The summed E-state index contributed by atoms with van der Waals surface area (Å²) in [6.07, 6.45) is 1.25. The van der Waals surface area contributed by atoms with Crippen LogP contribution in [-0.4, -0.2) is 45.9 Å². The Morgan fingerprint density at radius 3 is 1.64 bits per heavy atom. The van der Waals surface area contributed by atoms with Crippen LogP contribution in [-0.2, 0) is 20.6 Å². The van der Waals surface area contributed by atoms with Crippen LogP contribution >= 0.6 is 0 Å². The van der Waals surface area contributed by atoms with E-state index in [9.17, 15) is 27.6 Å². The molecular weight excluding hydrogens is 591 g/mol. The van der Waals surface area contributed by atoms with Crippen LogP contribution in [0.25, 0.3) is 12.2 Å². The Morgan fingerprint density at radius 2 is 1.22 bits per heavy atom. The van der Waals surface area contributed by atoms with Crippen LogP contribution in [0.15, 0.2) is 85.5 Å². The van der Waals surface area contributed by atoms with Gasteiger partial charge in [0.1, 0.15) is 5.92 Å². The Labute approximate surface area is 258 Å². The summed E-state index contributed by atoms with van der Waals surface area (Å²) in [5, 5.41) is 2.48. The number of ketones is 2. The topological polar surface area (TPSA) is 100 Å². The van der Waals surface area contributed by atoms with Crippen molar-refractivity contribution in [3.05, 3.63) is 108 Å². The molecule has 236 valence electrons. The average molecular weight is 624 g/mol. The summed E-state index contributed by atoms with van der Waals surface area (Å²) >= 11 is 0. The molecule has 1 atom stereocenters. The van der Waals surface area contributed by atoms with Crippen LogP contribution in [0.5, 0.6) is 23.0 Å². The van der Waals surface area contributed by atoms with E-state index in [0.717, 1.165) is 36.4 Å². The maximum Gasteiger partial charge on any atom is 0.416 e. The van der Waals surface area contributed by atoms with Crippen LogP contribution < -0.4 is 24.3 Å². The quantitative estimate of drug-likeness (QED) is 0.167. The first-order valence-corrected chi connectivity index (χ1v) is 13.4. The molecule has 0 heterocycles. The molecule has 11 heteroatoms. The number of alkyl halides is 3. The number of hydrogen-bond acceptors (Lipinski definition) is 7. The number of carbonyl (C=O) groups is 3. The number of amides is 1. The monoisotopic (exact) mass is 623 g/mol. The summed E-state index contributed by atoms with van der Waals surface area (Å²) < 4.78 is 61.9. The Morgan fingerprint density at radius 1 is 0.733 bits per heavy atom. The standard InChI is InChI=1S/C34H32F3NO7/c1-6-31(41)38-33(23-8-7-9-24(20-23)34(35,36)37)32(25(39)14-10-21-12-16-27(42-2)29(18-21)44-4)26(40)15-11-22-13-17-28(43-3)30(19-22)45-5/h6-20,32-33H,1H2,2-5H3,(H,38,41)/b14-10+,15-11+. The zero-order valence-electron chi connectivity index (χ0n) is 25.0. The third-order valence-corrected chi connectivity index (χ3v) is 6.70. The number of halogens is 3. The van der Waals surface area contributed by atoms with Gasteiger partial charge in [-0.05, 0) is 71.3 Å². The van der Waals surface area contributed by atoms with Gasteiger partial charge < -0.3 is 24.3 Å². The second-order valence-corrected chi connectivity index (χ2v) is 9.49. The van der Waals surface area contributed by atoms with Gasteiger partial charge >= 0.3 is 6.18 Å². The molecule has 0 bridgehead atoms. The van der Waals surface area contributed by atoms with Gasteiger partial charge in [-0.2, -0.15) is 13.2 Å². The van der Waals surface area contributed by atoms with Crippen LogP contribution in [0.4, 0.5) is 13.2 Å². The lowest BCUT2D eigenvalue weighted by Gasteiger charge is -2.25. The van der Waals surface area contributed by atoms with E-state index < -0.39 is 41.2 Å². The zero-order chi connectivity index (χ0) is 33.1. The van der Waals surface area contributed by atoms with Gasteiger partial charge in [-0.3, -0.25) is 14.4 Å². The average Bonchev–Trinajstić information content (AvgIpc) is 3.05. The number of methoxy groups -OCH3 is 4. The highest BCUT2D eigenvalue weighted by Gasteiger charge is 2.36. The minimum absolute atomic E-state index is 0.106. The number of allylic oxidation sites excluding steroid dienone is 2. The third-order valence-electron chi connectivity index (χ3n) is 6.70. The number of nitrogens with one attached hydrogen (secondary N) is 1. The summed E-state index contributed by atoms with van der Waals surface area (Å²) in [5.74, 6) is -2.34. The smallest absolute Gasteiger partial charge is 0.416 e. The second-order valence-electron chi connectivity index (χ2n) is 9.49. The molecule has 3 rings (SSSR count). The zero-order valence-corrected chi connectivity index (χ0v) is 25.0. The predicted molar refractivity (Wildman–Crippen MR) is 163 cm³/mol. The first kappa shape index (κ1) is 34.2. The van der Waals surface area contributed by atoms with E-state index in [1.165, 1.54) is 46.7 Å². The minimum Gasteiger partial charge on any atom is -0.493 e. The summed E-state index contributed by atoms with van der Waals surface area (Å²) in [5.41, 5.74) is -0.0957. The molecular formula is C34H32F3NO7. The van der Waals surface area contributed by atoms with Gasteiger partial charge in [0.05, 0.1) is 40.0 Å². The first-order valence-electron chi connectivity index (χ1n) is 13.4. The molecule has 0 saturated heterocycles. The van der Waals surface area contributed by atoms with Gasteiger partial charge in [-0.25, -0.2) is 0 Å². The molecule has 1 amide bonds. The third kappa shape index (κ3) is 8.85. The predicted octanol–water partition coefficient (Wildman–Crippen LogP) is 6.26. The molecule has 0 saturated carbocycles. The van der Waals surface area contributed by atoms with E-state index in [2.05, 4.69) is 11.9 Å². The largest absolute Gasteiger partial charge is 0.493 e. The van der Waals surface area contributed by atoms with Gasteiger partial charge in [-0.15, -0.1) is 0 Å². The molecule has 0 aliphatic carbocycles. The fourth-order valence-corrected chi connectivity index (χ4v) is 4.43. The van der Waals surface area contributed by atoms with Crippen molar-refractivity contribution in [1.82, 2.24) is 5.32 Å². The van der Waals surface area contributed by atoms with E-state index in [1.54, 1.807) is 36.4 Å². The Kier molecular flexibility index (Phi) is 11.7. The highest BCUT2D eigenvalue weighted by atomic mass is 19.4. The Hall–Kier alpha value is -5.32. The highest BCUT2D eigenvalue weighted by molar-refractivity contribution is 6.14. The fourth-order valence-electron chi connectivity index (χ4n) is 4.43. The lowest BCUT2D eigenvalue weighted by Crippen LogP contribution is -2.39. The Bertz CT molecular complexity index is 1530. The van der Waals surface area contributed by atoms with Crippen molar-refractivity contribution in [1.29, 1.82) is 0 Å². The van der Waals surface area contributed by atoms with Crippen molar-refractivity contribution in [3.63, 3.8) is 0 Å². The summed E-state index contributed by atoms with van der Waals surface area (Å²) in [4.78, 5) is 40.0. The summed E-state index contributed by atoms with van der Waals surface area (Å²) in [6, 6.07) is 12.3. The summed E-state index contributed by atoms with van der Waals surface area (Å²) in [7, 11) is 5.82. The lowest BCUT2D eigenvalue weighted by molar-refractivity contribution is -0.137. The highest BCUT2D eigenvalue weighted by Crippen LogP contribution is 2.34. The van der Waals surface area contributed by atoms with E-state index in [4.69, 9.17) is 18.9 Å². The van der Waals surface area contributed by atoms with E-state index in [1.807, 2.05) is 0 Å². The van der Waals surface area contributed by atoms with Crippen molar-refractivity contribution in [2.75, 3.05) is 28.4 Å². The molecule has 3 aromatic carbocycles. The van der Waals surface area contributed by atoms with Crippen molar-refractivity contribution in [2.24, 2.45) is 5.92 Å². The van der Waals surface area contributed by atoms with Crippen molar-refractivity contribution in [3.8, 4) is 23.0 Å². The first-order chi connectivity index (χ1) is 21.4. The number of carbonyl (C=O) groups excluding carboxylic acids is 3. The lowest BCUT2D eigenvalue weighted by atomic mass is 9.84. The molecule has 0 aliphatic heterocycles. The van der Waals surface area contributed by atoms with E-state index in [0.29, 0.717) is 34.1 Å². The van der Waals surface area contributed by atoms with E-state index >= 15 is 0 Å². The van der Waals surface area contributed by atoms with Gasteiger partial charge in [0.15, 0.2) is 34.6 Å². The van der Waals surface area contributed by atoms with Crippen LogP contribution in [0.3, 0.4) is 0 Å². The molecule has 8 nitrogen and oxygen atoms in total. The van der Waals surface area contributed by atoms with Crippen LogP contribution in [0.1, 0.15) is 28.3 Å². The maximum atomic E-state index is 13.8. The van der Waals surface area contributed by atoms with Crippen LogP contribution in [0, 0.1) is 5.92 Å². The van der Waals surface area contributed by atoms with Gasteiger partial charge in [-0.1, -0.05) is 43.0 Å². The summed E-state index contributed by atoms with van der Waals surface area (Å²) in [6.45, 7) is 3.39. The molecule has 0 aliphatic rings. The number of benzene rings is 3. The molecule has 1 N–H and O–H groups in total. The number of hydrogen-bond donors (Lipinski definition) is 1. The number of ether oxygens (including phenoxy) is 4. The molecule has 0 spiro atoms. The van der Waals surface area contributed by atoms with Crippen molar-refractivity contribution < 1.29 is 46.5 Å². The SMILES string of the molecule is C=CC(=O)NC(c1cccc(C(F)(F)F)c1)C(C(=O)/C=C/c1ccc(OC)c(OC)c1)C(=O)/C=C/c1ccc(OC)c(OC)c1. The maximum absolute atomic E-state index is 13.8. The van der Waals surface area contributed by atoms with Crippen molar-refractivity contribution >= 4 is 29.6 Å². The second kappa shape index (κ2) is 15.4. The number of rotatable bonds is 14. The normalized spacial score (nSPS) is 12.2. The molecule has 3 aromatic rings. The van der Waals surface area contributed by atoms with Gasteiger partial charge in [0.2, 0.25) is 5.91 Å². The van der Waals surface area contributed by atoms with Gasteiger partial charge in [0.25, 0.3) is 0 Å². The molecule has 45 heavy (non-hydrogen) atoms. The molecule has 0 radical (unpaired) electrons. The molecule has 0 fully saturated rings. The van der Waals surface area contributed by atoms with Crippen molar-refractivity contribution in [2.45, 2.75) is 12.2 Å². The molecule has 0 aromatic heterocycles. The minimum atomic E-state index is -4.72. The fraction of sp³-hybridized carbons (Fsp3) is 0.206. The van der Waals surface area contributed by atoms with Crippen LogP contribution in [0.2, 0.25) is 0 Å². The Balaban J connectivity index is 2.12. The van der Waals surface area contributed by atoms with E-state index in [-0.39, 0.29) is 5.56 Å². The van der Waals surface area contributed by atoms with Gasteiger partial charge in [0, 0.05) is 0 Å². The molecule has 1 unspecified atom stereocenters.